The number of hydrogen-bond donors (Lipinski definition) is 5. The molecule has 2 amide bonds. The van der Waals surface area contributed by atoms with Gasteiger partial charge in [0.15, 0.2) is 0 Å². The highest BCUT2D eigenvalue weighted by Gasteiger charge is 2.48. The van der Waals surface area contributed by atoms with Gasteiger partial charge in [-0.25, -0.2) is 0 Å². The summed E-state index contributed by atoms with van der Waals surface area (Å²) in [6, 6.07) is 9.83. The third-order valence-electron chi connectivity index (χ3n) is 5.26. The molecule has 0 aromatic heterocycles. The van der Waals surface area contributed by atoms with Crippen LogP contribution < -0.4 is 16.4 Å². The number of benzene rings is 1. The highest BCUT2D eigenvalue weighted by molar-refractivity contribution is 6.43. The maximum absolute atomic E-state index is 12.9. The maximum atomic E-state index is 12.9. The van der Waals surface area contributed by atoms with E-state index in [0.29, 0.717) is 45.2 Å². The second-order valence-corrected chi connectivity index (χ2v) is 7.21. The van der Waals surface area contributed by atoms with Crippen molar-refractivity contribution in [3.63, 3.8) is 0 Å². The van der Waals surface area contributed by atoms with E-state index in [1.165, 1.54) is 0 Å². The van der Waals surface area contributed by atoms with Gasteiger partial charge in [0.25, 0.3) is 0 Å². The minimum atomic E-state index is -1.68. The first-order chi connectivity index (χ1) is 13.0. The molecular formula is C19H31BClN3O4. The van der Waals surface area contributed by atoms with Crippen molar-refractivity contribution in [2.75, 3.05) is 13.1 Å². The second-order valence-electron chi connectivity index (χ2n) is 7.21. The van der Waals surface area contributed by atoms with Crippen molar-refractivity contribution in [1.82, 2.24) is 10.6 Å². The summed E-state index contributed by atoms with van der Waals surface area (Å²) < 4.78 is 0. The second kappa shape index (κ2) is 12.1. The molecule has 9 heteroatoms. The molecule has 0 unspecified atom stereocenters. The first-order valence-electron chi connectivity index (χ1n) is 9.69. The van der Waals surface area contributed by atoms with Gasteiger partial charge in [-0.05, 0) is 44.2 Å². The SMILES string of the molecule is Cl.NCCC[C@H](NC(=O)C1(C(=O)NCCc2ccccc2)CCCC1)B(O)O. The lowest BCUT2D eigenvalue weighted by Gasteiger charge is -2.29. The number of carbonyl (C=O) groups is 2. The smallest absolute Gasteiger partial charge is 0.426 e. The van der Waals surface area contributed by atoms with E-state index >= 15 is 0 Å². The zero-order valence-corrected chi connectivity index (χ0v) is 16.9. The van der Waals surface area contributed by atoms with Crippen LogP contribution >= 0.6 is 12.4 Å². The van der Waals surface area contributed by atoms with Gasteiger partial charge in [0.1, 0.15) is 5.41 Å². The molecule has 0 spiro atoms. The Kier molecular flexibility index (Phi) is 10.5. The van der Waals surface area contributed by atoms with Crippen molar-refractivity contribution in [1.29, 1.82) is 0 Å². The Bertz CT molecular complexity index is 612. The number of carbonyl (C=O) groups excluding carboxylic acids is 2. The Morgan fingerprint density at radius 3 is 2.36 bits per heavy atom. The molecule has 156 valence electrons. The third kappa shape index (κ3) is 6.48. The lowest BCUT2D eigenvalue weighted by molar-refractivity contribution is -0.143. The fraction of sp³-hybridized carbons (Fsp3) is 0.579. The van der Waals surface area contributed by atoms with Gasteiger partial charge in [0.05, 0.1) is 5.94 Å². The summed E-state index contributed by atoms with van der Waals surface area (Å²) in [7, 11) is -1.68. The monoisotopic (exact) mass is 411 g/mol. The number of nitrogens with one attached hydrogen (secondary N) is 2. The third-order valence-corrected chi connectivity index (χ3v) is 5.26. The van der Waals surface area contributed by atoms with E-state index in [0.717, 1.165) is 18.4 Å². The van der Waals surface area contributed by atoms with Crippen LogP contribution in [0.25, 0.3) is 0 Å². The molecule has 7 nitrogen and oxygen atoms in total. The van der Waals surface area contributed by atoms with E-state index < -0.39 is 24.4 Å². The van der Waals surface area contributed by atoms with Gasteiger partial charge in [-0.2, -0.15) is 0 Å². The highest BCUT2D eigenvalue weighted by atomic mass is 35.5. The molecule has 0 radical (unpaired) electrons. The summed E-state index contributed by atoms with van der Waals surface area (Å²) in [4.78, 5) is 25.7. The van der Waals surface area contributed by atoms with Crippen molar-refractivity contribution < 1.29 is 19.6 Å². The molecular weight excluding hydrogens is 380 g/mol. The quantitative estimate of drug-likeness (QED) is 0.284. The molecule has 1 aliphatic rings. The highest BCUT2D eigenvalue weighted by Crippen LogP contribution is 2.38. The van der Waals surface area contributed by atoms with Crippen LogP contribution in [0.2, 0.25) is 0 Å². The Labute approximate surface area is 173 Å². The molecule has 1 aromatic rings. The molecule has 0 bridgehead atoms. The van der Waals surface area contributed by atoms with E-state index in [-0.39, 0.29) is 18.3 Å². The van der Waals surface area contributed by atoms with Crippen molar-refractivity contribution in [3.8, 4) is 0 Å². The van der Waals surface area contributed by atoms with Gasteiger partial charge in [-0.3, -0.25) is 9.59 Å². The Morgan fingerprint density at radius 1 is 1.14 bits per heavy atom. The topological polar surface area (TPSA) is 125 Å². The summed E-state index contributed by atoms with van der Waals surface area (Å²) in [5.41, 5.74) is 5.45. The fourth-order valence-corrected chi connectivity index (χ4v) is 3.61. The van der Waals surface area contributed by atoms with E-state index in [1.807, 2.05) is 30.3 Å². The molecule has 1 aromatic carbocycles. The van der Waals surface area contributed by atoms with Crippen LogP contribution in [-0.4, -0.2) is 48.0 Å². The van der Waals surface area contributed by atoms with Crippen LogP contribution in [0.3, 0.4) is 0 Å². The summed E-state index contributed by atoms with van der Waals surface area (Å²) in [6.07, 6.45) is 4.15. The summed E-state index contributed by atoms with van der Waals surface area (Å²) in [5, 5.41) is 24.6. The Balaban J connectivity index is 0.00000392. The van der Waals surface area contributed by atoms with Gasteiger partial charge >= 0.3 is 7.12 Å². The number of nitrogens with two attached hydrogens (primary N) is 1. The van der Waals surface area contributed by atoms with Crippen molar-refractivity contribution in [2.24, 2.45) is 11.1 Å². The molecule has 6 N–H and O–H groups in total. The number of hydrogen-bond acceptors (Lipinski definition) is 5. The minimum absolute atomic E-state index is 0. The molecule has 28 heavy (non-hydrogen) atoms. The van der Waals surface area contributed by atoms with Gasteiger partial charge in [-0.1, -0.05) is 43.2 Å². The lowest BCUT2D eigenvalue weighted by atomic mass is 9.75. The summed E-state index contributed by atoms with van der Waals surface area (Å²) in [6.45, 7) is 0.849. The first kappa shape index (κ1) is 24.4. The van der Waals surface area contributed by atoms with Gasteiger partial charge in [0.2, 0.25) is 11.8 Å². The van der Waals surface area contributed by atoms with Gasteiger partial charge in [-0.15, -0.1) is 12.4 Å². The van der Waals surface area contributed by atoms with E-state index in [2.05, 4.69) is 10.6 Å². The number of rotatable bonds is 10. The molecule has 0 heterocycles. The average Bonchev–Trinajstić information content (AvgIpc) is 3.17. The van der Waals surface area contributed by atoms with E-state index in [4.69, 9.17) is 5.73 Å². The van der Waals surface area contributed by atoms with Crippen LogP contribution in [0.4, 0.5) is 0 Å². The first-order valence-corrected chi connectivity index (χ1v) is 9.69. The van der Waals surface area contributed by atoms with Crippen LogP contribution in [0, 0.1) is 5.41 Å². The molecule has 0 aliphatic heterocycles. The van der Waals surface area contributed by atoms with Crippen molar-refractivity contribution in [3.05, 3.63) is 35.9 Å². The lowest BCUT2D eigenvalue weighted by Crippen LogP contribution is -2.56. The predicted molar refractivity (Wildman–Crippen MR) is 112 cm³/mol. The zero-order chi connectivity index (χ0) is 19.7. The fourth-order valence-electron chi connectivity index (χ4n) is 3.61. The van der Waals surface area contributed by atoms with Crippen LogP contribution in [0.15, 0.2) is 30.3 Å². The zero-order valence-electron chi connectivity index (χ0n) is 16.1. The maximum Gasteiger partial charge on any atom is 0.475 e. The Morgan fingerprint density at radius 2 is 1.79 bits per heavy atom. The van der Waals surface area contributed by atoms with Gasteiger partial charge in [0, 0.05) is 6.54 Å². The van der Waals surface area contributed by atoms with Gasteiger partial charge < -0.3 is 26.4 Å². The largest absolute Gasteiger partial charge is 0.475 e. The molecule has 1 saturated carbocycles. The standard InChI is InChI=1S/C19H30BN3O4.ClH/c21-13-6-9-16(20(26)27)23-18(25)19(11-4-5-12-19)17(24)22-14-10-15-7-2-1-3-8-15;/h1-3,7-8,16,26-27H,4-6,9-14,21H2,(H,22,24)(H,23,25);1H/t16-;/m0./s1. The van der Waals surface area contributed by atoms with Crippen LogP contribution in [-0.2, 0) is 16.0 Å². The molecule has 0 saturated heterocycles. The summed E-state index contributed by atoms with van der Waals surface area (Å²) >= 11 is 0. The summed E-state index contributed by atoms with van der Waals surface area (Å²) in [5.74, 6) is -1.53. The minimum Gasteiger partial charge on any atom is -0.426 e. The molecule has 1 aliphatic carbocycles. The molecule has 2 rings (SSSR count). The van der Waals surface area contributed by atoms with E-state index in [9.17, 15) is 19.6 Å². The van der Waals surface area contributed by atoms with Crippen LogP contribution in [0.1, 0.15) is 44.1 Å². The normalized spacial score (nSPS) is 16.0. The Hall–Kier alpha value is -1.61. The molecule has 1 fully saturated rings. The molecule has 1 atom stereocenters. The van der Waals surface area contributed by atoms with Crippen LogP contribution in [0.5, 0.6) is 0 Å². The van der Waals surface area contributed by atoms with Crippen molar-refractivity contribution >= 4 is 31.3 Å². The predicted octanol–water partition coefficient (Wildman–Crippen LogP) is 0.563. The number of amides is 2. The number of halogens is 1. The average molecular weight is 412 g/mol. The van der Waals surface area contributed by atoms with Crippen molar-refractivity contribution in [2.45, 2.75) is 50.9 Å². The van der Waals surface area contributed by atoms with E-state index in [1.54, 1.807) is 0 Å².